The third-order valence-electron chi connectivity index (χ3n) is 13.6. The summed E-state index contributed by atoms with van der Waals surface area (Å²) in [5, 5.41) is 2.29. The number of aryl methyl sites for hydroxylation is 4. The Bertz CT molecular complexity index is 3700. The number of hydrogen-bond acceptors (Lipinski definition) is 4. The van der Waals surface area contributed by atoms with E-state index in [9.17, 15) is 0 Å². The fourth-order valence-corrected chi connectivity index (χ4v) is 10.9. The molecule has 0 N–H and O–H groups in total. The van der Waals surface area contributed by atoms with E-state index in [1.807, 2.05) is 12.3 Å². The van der Waals surface area contributed by atoms with E-state index in [1.165, 1.54) is 39.1 Å². The zero-order valence-electron chi connectivity index (χ0n) is 36.8. The summed E-state index contributed by atoms with van der Waals surface area (Å²) in [7, 11) is 0. The summed E-state index contributed by atoms with van der Waals surface area (Å²) in [5.41, 5.74) is 21.1. The van der Waals surface area contributed by atoms with Crippen molar-refractivity contribution in [1.29, 1.82) is 0 Å². The number of pyridine rings is 1. The molecular weight excluding hydrogens is 987 g/mol. The Balaban J connectivity index is 0.00000456. The van der Waals surface area contributed by atoms with Gasteiger partial charge in [-0.15, -0.1) is 40.7 Å². The molecule has 0 aliphatic carbocycles. The van der Waals surface area contributed by atoms with Gasteiger partial charge in [-0.1, -0.05) is 108 Å². The molecule has 13 rings (SSSR count). The summed E-state index contributed by atoms with van der Waals surface area (Å²) in [4.78, 5) is 15.3. The molecule has 8 heteroatoms. The van der Waals surface area contributed by atoms with Crippen LogP contribution in [0.1, 0.15) is 22.3 Å². The molecule has 0 spiro atoms. The normalized spacial score (nSPS) is 12.6. The van der Waals surface area contributed by atoms with Crippen LogP contribution >= 0.6 is 0 Å². The Hall–Kier alpha value is -7.47. The number of rotatable bonds is 5. The van der Waals surface area contributed by atoms with Crippen LogP contribution in [0, 0.1) is 39.8 Å². The summed E-state index contributed by atoms with van der Waals surface area (Å²) in [5.74, 6) is 1.71. The van der Waals surface area contributed by atoms with Crippen molar-refractivity contribution in [1.82, 2.24) is 19.1 Å². The number of anilines is 6. The van der Waals surface area contributed by atoms with Crippen molar-refractivity contribution >= 4 is 90.1 Å². The van der Waals surface area contributed by atoms with E-state index >= 15 is 0 Å². The van der Waals surface area contributed by atoms with Crippen LogP contribution in [0.4, 0.5) is 34.1 Å². The predicted octanol–water partition coefficient (Wildman–Crippen LogP) is 12.1. The molecule has 0 saturated heterocycles. The van der Waals surface area contributed by atoms with Gasteiger partial charge in [0, 0.05) is 40.2 Å². The SMILES string of the molecule is Cc1cccc(C)c1N1c2ccc(-c3nc4ccccc4n3-c3ccccc3)[c-]c2B2c3[c-]c4c(cc3N(c3c(C)cccc3C)c3cccc1c32)c1ccccc1n4-c1ccccn1.[Pt+2]. The zero-order valence-corrected chi connectivity index (χ0v) is 39.1. The second-order valence-electron chi connectivity index (χ2n) is 17.4. The van der Waals surface area contributed by atoms with Crippen molar-refractivity contribution in [2.24, 2.45) is 0 Å². The Kier molecular flexibility index (Phi) is 9.31. The standard InChI is InChI=1S/C58H41BN6.Pt/c1-36-17-14-18-37(2)56(36)64-48-31-30-40(58-61-46-24-9-11-26-49(46)62(58)41-21-6-5-7-22-41)33-44(48)59-45-35-52-43(42-23-8-10-25-47(42)63(52)54-29-12-13-32-60-54)34-53(45)65(51-28-16-27-50(64)55(51)59)57-38(3)19-15-20-39(57)4;/h5-32,34H,1-4H3;/q-2;+2. The van der Waals surface area contributed by atoms with Crippen LogP contribution in [0.5, 0.6) is 0 Å². The van der Waals surface area contributed by atoms with Gasteiger partial charge in [0.2, 0.25) is 6.71 Å². The Morgan fingerprint density at radius 3 is 1.79 bits per heavy atom. The molecule has 0 atom stereocenters. The van der Waals surface area contributed by atoms with Crippen LogP contribution in [0.15, 0.2) is 176 Å². The molecule has 0 saturated carbocycles. The van der Waals surface area contributed by atoms with Gasteiger partial charge in [0.1, 0.15) is 5.82 Å². The smallest absolute Gasteiger partial charge is 0.366 e. The molecule has 2 aliphatic rings. The van der Waals surface area contributed by atoms with Crippen LogP contribution in [0.25, 0.3) is 55.7 Å². The van der Waals surface area contributed by atoms with Crippen molar-refractivity contribution < 1.29 is 21.1 Å². The van der Waals surface area contributed by atoms with E-state index in [1.54, 1.807) is 0 Å². The first-order valence-electron chi connectivity index (χ1n) is 22.3. The van der Waals surface area contributed by atoms with Gasteiger partial charge >= 0.3 is 21.1 Å². The monoisotopic (exact) mass is 1030 g/mol. The molecule has 0 fully saturated rings. The summed E-state index contributed by atoms with van der Waals surface area (Å²) in [6.45, 7) is 8.68. The minimum atomic E-state index is -0.235. The number of aromatic nitrogens is 4. The number of para-hydroxylation sites is 6. The molecular formula is C58H41BN6Pt. The van der Waals surface area contributed by atoms with Crippen molar-refractivity contribution in [2.75, 3.05) is 9.80 Å². The number of hydrogen-bond donors (Lipinski definition) is 0. The number of imidazole rings is 1. The van der Waals surface area contributed by atoms with Crippen LogP contribution < -0.4 is 26.2 Å². The van der Waals surface area contributed by atoms with E-state index in [-0.39, 0.29) is 27.8 Å². The second kappa shape index (κ2) is 15.3. The van der Waals surface area contributed by atoms with Gasteiger partial charge in [0.05, 0.1) is 16.9 Å². The molecule has 2 aliphatic heterocycles. The van der Waals surface area contributed by atoms with Crippen LogP contribution in [-0.4, -0.2) is 25.8 Å². The molecule has 3 aromatic heterocycles. The van der Waals surface area contributed by atoms with Gasteiger partial charge in [0.25, 0.3) is 0 Å². The largest absolute Gasteiger partial charge is 2.00 e. The van der Waals surface area contributed by atoms with Crippen LogP contribution in [0.3, 0.4) is 0 Å². The first-order chi connectivity index (χ1) is 31.9. The third-order valence-corrected chi connectivity index (χ3v) is 13.6. The number of nitrogens with zero attached hydrogens (tertiary/aromatic N) is 6. The average Bonchev–Trinajstić information content (AvgIpc) is 3.88. The van der Waals surface area contributed by atoms with Gasteiger partial charge in [0.15, 0.2) is 0 Å². The molecule has 11 aromatic rings. The third kappa shape index (κ3) is 5.79. The Labute approximate surface area is 398 Å². The van der Waals surface area contributed by atoms with Crippen LogP contribution in [-0.2, 0) is 21.1 Å². The maximum absolute atomic E-state index is 5.36. The summed E-state index contributed by atoms with van der Waals surface area (Å²) >= 11 is 0. The molecule has 0 amide bonds. The topological polar surface area (TPSA) is 42.1 Å². The van der Waals surface area contributed by atoms with Gasteiger partial charge in [-0.05, 0) is 121 Å². The van der Waals surface area contributed by atoms with Crippen molar-refractivity contribution in [2.45, 2.75) is 27.7 Å². The van der Waals surface area contributed by atoms with E-state index in [0.29, 0.717) is 0 Å². The molecule has 0 unspecified atom stereocenters. The number of fused-ring (bicyclic) bond motifs is 8. The Morgan fingerprint density at radius 1 is 0.485 bits per heavy atom. The first kappa shape index (κ1) is 40.1. The maximum atomic E-state index is 5.36. The Morgan fingerprint density at radius 2 is 1.09 bits per heavy atom. The van der Waals surface area contributed by atoms with Gasteiger partial charge in [-0.2, -0.15) is 11.5 Å². The summed E-state index contributed by atoms with van der Waals surface area (Å²) in [6.07, 6.45) is 1.87. The first-order valence-corrected chi connectivity index (χ1v) is 22.3. The summed E-state index contributed by atoms with van der Waals surface area (Å²) < 4.78 is 4.56. The van der Waals surface area contributed by atoms with E-state index < -0.39 is 0 Å². The molecule has 0 bridgehead atoms. The maximum Gasteiger partial charge on any atom is 2.00 e. The van der Waals surface area contributed by atoms with Crippen molar-refractivity contribution in [3.63, 3.8) is 0 Å². The average molecular weight is 1030 g/mol. The molecule has 66 heavy (non-hydrogen) atoms. The zero-order chi connectivity index (χ0) is 43.5. The van der Waals surface area contributed by atoms with Gasteiger partial charge in [-0.25, -0.2) is 4.98 Å². The second-order valence-corrected chi connectivity index (χ2v) is 17.4. The molecule has 0 radical (unpaired) electrons. The van der Waals surface area contributed by atoms with Gasteiger partial charge in [-0.3, -0.25) is 4.98 Å². The van der Waals surface area contributed by atoms with Crippen LogP contribution in [0.2, 0.25) is 0 Å². The fraction of sp³-hybridized carbons (Fsp3) is 0.0690. The predicted molar refractivity (Wildman–Crippen MR) is 269 cm³/mol. The van der Waals surface area contributed by atoms with E-state index in [2.05, 4.69) is 223 Å². The molecule has 6 nitrogen and oxygen atoms in total. The number of benzene rings is 8. The quantitative estimate of drug-likeness (QED) is 0.127. The minimum Gasteiger partial charge on any atom is -0.366 e. The van der Waals surface area contributed by atoms with E-state index in [0.717, 1.165) is 89.4 Å². The molecule has 8 aromatic carbocycles. The van der Waals surface area contributed by atoms with Gasteiger partial charge < -0.3 is 18.9 Å². The summed E-state index contributed by atoms with van der Waals surface area (Å²) in [6, 6.07) is 69.1. The minimum absolute atomic E-state index is 0. The van der Waals surface area contributed by atoms with Crippen molar-refractivity contribution in [3.05, 3.63) is 210 Å². The molecule has 5 heterocycles. The molecule has 316 valence electrons. The van der Waals surface area contributed by atoms with E-state index in [4.69, 9.17) is 9.97 Å². The van der Waals surface area contributed by atoms with Crippen molar-refractivity contribution in [3.8, 4) is 22.9 Å². The fourth-order valence-electron chi connectivity index (χ4n) is 10.9.